The first-order chi connectivity index (χ1) is 29.7. The summed E-state index contributed by atoms with van der Waals surface area (Å²) in [6, 6.07) is 22.1. The first-order valence-electron chi connectivity index (χ1n) is 19.3. The van der Waals surface area contributed by atoms with Crippen LogP contribution in [-0.2, 0) is 71.4 Å². The Bertz CT molecular complexity index is 2020. The van der Waals surface area contributed by atoms with E-state index < -0.39 is 116 Å². The van der Waals surface area contributed by atoms with Gasteiger partial charge in [0.2, 0.25) is 0 Å². The number of carbonyl (C=O) groups is 7. The number of hydroxylamine groups is 2. The van der Waals surface area contributed by atoms with Gasteiger partial charge in [-0.2, -0.15) is 0 Å². The molecule has 2 aliphatic rings. The highest BCUT2D eigenvalue weighted by Crippen LogP contribution is 2.38. The predicted molar refractivity (Wildman–Crippen MR) is 208 cm³/mol. The van der Waals surface area contributed by atoms with E-state index in [1.807, 2.05) is 0 Å². The van der Waals surface area contributed by atoms with Crippen LogP contribution in [0.25, 0.3) is 0 Å². The molecule has 5 rings (SSSR count). The second-order valence-corrected chi connectivity index (χ2v) is 13.8. The lowest BCUT2D eigenvalue weighted by Gasteiger charge is -2.52. The molecule has 19 heteroatoms. The first kappa shape index (κ1) is 46.8. The molecule has 3 aromatic carbocycles. The highest BCUT2D eigenvalue weighted by atomic mass is 16.8. The molecule has 3 aromatic rings. The van der Waals surface area contributed by atoms with Crippen LogP contribution in [0.1, 0.15) is 58.8 Å². The van der Waals surface area contributed by atoms with Gasteiger partial charge in [0.15, 0.2) is 43.0 Å². The zero-order valence-corrected chi connectivity index (χ0v) is 34.6. The fourth-order valence-electron chi connectivity index (χ4n) is 6.94. The molecule has 2 aliphatic heterocycles. The molecule has 0 unspecified atom stereocenters. The van der Waals surface area contributed by atoms with E-state index in [4.69, 9.17) is 52.2 Å². The number of esters is 7. The van der Waals surface area contributed by atoms with Crippen LogP contribution in [0.15, 0.2) is 91.0 Å². The van der Waals surface area contributed by atoms with E-state index >= 15 is 0 Å². The Labute approximate surface area is 356 Å². The van der Waals surface area contributed by atoms with Crippen LogP contribution < -0.4 is 0 Å². The van der Waals surface area contributed by atoms with Gasteiger partial charge in [0.1, 0.15) is 31.5 Å². The second kappa shape index (κ2) is 22.0. The minimum atomic E-state index is -1.76. The first-order valence-corrected chi connectivity index (χ1v) is 19.3. The van der Waals surface area contributed by atoms with Crippen molar-refractivity contribution < 1.29 is 85.8 Å². The van der Waals surface area contributed by atoms with Gasteiger partial charge >= 0.3 is 41.8 Å². The van der Waals surface area contributed by atoms with Gasteiger partial charge in [-0.3, -0.25) is 24.0 Å². The molecule has 0 saturated carbocycles. The van der Waals surface area contributed by atoms with E-state index in [2.05, 4.69) is 0 Å². The second-order valence-electron chi connectivity index (χ2n) is 13.8. The average molecular weight is 866 g/mol. The third-order valence-corrected chi connectivity index (χ3v) is 9.47. The van der Waals surface area contributed by atoms with E-state index in [1.54, 1.807) is 54.6 Å². The molecule has 0 spiro atoms. The summed E-state index contributed by atoms with van der Waals surface area (Å²) in [6.45, 7) is 3.08. The van der Waals surface area contributed by atoms with Crippen molar-refractivity contribution in [2.45, 2.75) is 89.0 Å². The van der Waals surface area contributed by atoms with Crippen molar-refractivity contribution in [2.75, 3.05) is 27.4 Å². The molecule has 2 fully saturated rings. The summed E-state index contributed by atoms with van der Waals surface area (Å²) in [5, 5.41) is 1.01. The summed E-state index contributed by atoms with van der Waals surface area (Å²) in [6.07, 6.45) is -14.5. The molecule has 0 radical (unpaired) electrons. The SMILES string of the molecule is CO[C@H]1O[C@H](COC(=O)c2ccccc2)[C@H](N(OC)[C@@H]2O[C@H](COC(C)=O)[C@@H](OC(C)=O)[C@H](OC(C)=O)[C@H]2OC(C)=O)[C@H](OC(=O)c2ccccc2)[C@H]1OC(=O)c1ccccc1. The number of nitrogens with zero attached hydrogens (tertiary/aromatic N) is 1. The maximum atomic E-state index is 14.1. The van der Waals surface area contributed by atoms with Gasteiger partial charge in [0.05, 0.1) is 23.8 Å². The van der Waals surface area contributed by atoms with Crippen LogP contribution >= 0.6 is 0 Å². The van der Waals surface area contributed by atoms with Gasteiger partial charge in [-0.25, -0.2) is 14.4 Å². The van der Waals surface area contributed by atoms with Crippen LogP contribution in [0, 0.1) is 0 Å². The van der Waals surface area contributed by atoms with Gasteiger partial charge < -0.3 is 47.4 Å². The molecule has 10 atom stereocenters. The summed E-state index contributed by atoms with van der Waals surface area (Å²) >= 11 is 0. The molecule has 0 bridgehead atoms. The smallest absolute Gasteiger partial charge is 0.338 e. The lowest BCUT2D eigenvalue weighted by Crippen LogP contribution is -2.72. The zero-order chi connectivity index (χ0) is 44.9. The summed E-state index contributed by atoms with van der Waals surface area (Å²) in [7, 11) is 2.40. The number of ether oxygens (including phenoxy) is 10. The molecule has 19 nitrogen and oxygen atoms in total. The van der Waals surface area contributed by atoms with Crippen LogP contribution in [0.3, 0.4) is 0 Å². The maximum absolute atomic E-state index is 14.1. The molecule has 2 heterocycles. The monoisotopic (exact) mass is 865 g/mol. The van der Waals surface area contributed by atoms with Crippen molar-refractivity contribution in [3.8, 4) is 0 Å². The minimum Gasteiger partial charge on any atom is -0.463 e. The largest absolute Gasteiger partial charge is 0.463 e. The Hall–Kier alpha value is -6.25. The summed E-state index contributed by atoms with van der Waals surface area (Å²) < 4.78 is 58.7. The standard InChI is InChI=1S/C43H47NO18/c1-24(45)54-23-32-34(56-25(2)46)36(57-26(3)47)37(58-27(4)48)39(59-32)44(53-6)33-31(22-55-40(49)28-16-10-7-11-17-28)60-43(52-5)38(62-42(51)30-20-14-9-15-21-30)35(33)61-41(50)29-18-12-8-13-19-29/h7-21,31-39,43H,22-23H2,1-6H3/t31-,32-,33+,34-,35+,36+,37-,38-,39-,43+/m1/s1. The van der Waals surface area contributed by atoms with E-state index in [0.29, 0.717) is 0 Å². The number of carbonyl (C=O) groups excluding carboxylic acids is 7. The number of hydrogen-bond donors (Lipinski definition) is 0. The van der Waals surface area contributed by atoms with Crippen LogP contribution in [0.5, 0.6) is 0 Å². The molecule has 0 amide bonds. The van der Waals surface area contributed by atoms with Crippen molar-refractivity contribution in [1.82, 2.24) is 5.06 Å². The van der Waals surface area contributed by atoms with Crippen LogP contribution in [0.2, 0.25) is 0 Å². The molecule has 0 aliphatic carbocycles. The minimum absolute atomic E-state index is 0.0724. The summed E-state index contributed by atoms with van der Waals surface area (Å²) in [5.41, 5.74) is 0.352. The normalized spacial score (nSPS) is 25.7. The van der Waals surface area contributed by atoms with Gasteiger partial charge in [0.25, 0.3) is 0 Å². The molecule has 332 valence electrons. The van der Waals surface area contributed by atoms with Gasteiger partial charge in [-0.1, -0.05) is 54.6 Å². The van der Waals surface area contributed by atoms with Crippen molar-refractivity contribution in [3.63, 3.8) is 0 Å². The van der Waals surface area contributed by atoms with Crippen LogP contribution in [-0.4, -0.2) is 136 Å². The lowest BCUT2D eigenvalue weighted by molar-refractivity contribution is -0.376. The zero-order valence-electron chi connectivity index (χ0n) is 34.6. The number of rotatable bonds is 16. The average Bonchev–Trinajstić information content (AvgIpc) is 3.25. The predicted octanol–water partition coefficient (Wildman–Crippen LogP) is 2.98. The maximum Gasteiger partial charge on any atom is 0.338 e. The Morgan fingerprint density at radius 1 is 0.484 bits per heavy atom. The Morgan fingerprint density at radius 3 is 1.40 bits per heavy atom. The molecule has 62 heavy (non-hydrogen) atoms. The molecule has 0 aromatic heterocycles. The third kappa shape index (κ3) is 12.0. The number of benzene rings is 3. The van der Waals surface area contributed by atoms with E-state index in [-0.39, 0.29) is 16.7 Å². The van der Waals surface area contributed by atoms with E-state index in [0.717, 1.165) is 39.9 Å². The molecular formula is C43H47NO18. The van der Waals surface area contributed by atoms with Crippen molar-refractivity contribution in [1.29, 1.82) is 0 Å². The molecule has 0 N–H and O–H groups in total. The fourth-order valence-corrected chi connectivity index (χ4v) is 6.94. The van der Waals surface area contributed by atoms with Gasteiger partial charge in [0, 0.05) is 34.8 Å². The molecule has 2 saturated heterocycles. The Balaban J connectivity index is 1.70. The third-order valence-electron chi connectivity index (χ3n) is 9.47. The van der Waals surface area contributed by atoms with E-state index in [1.165, 1.54) is 43.5 Å². The fraction of sp³-hybridized carbons (Fsp3) is 0.419. The van der Waals surface area contributed by atoms with Crippen molar-refractivity contribution in [3.05, 3.63) is 108 Å². The summed E-state index contributed by atoms with van der Waals surface area (Å²) in [5.74, 6) is -6.04. The van der Waals surface area contributed by atoms with Crippen molar-refractivity contribution >= 4 is 41.8 Å². The van der Waals surface area contributed by atoms with Gasteiger partial charge in [-0.05, 0) is 36.4 Å². The van der Waals surface area contributed by atoms with Crippen molar-refractivity contribution in [2.24, 2.45) is 0 Å². The highest BCUT2D eigenvalue weighted by Gasteiger charge is 2.60. The Morgan fingerprint density at radius 2 is 0.935 bits per heavy atom. The number of methoxy groups -OCH3 is 1. The Kier molecular flexibility index (Phi) is 16.6. The van der Waals surface area contributed by atoms with Crippen LogP contribution in [0.4, 0.5) is 0 Å². The molecular weight excluding hydrogens is 818 g/mol. The highest BCUT2D eigenvalue weighted by molar-refractivity contribution is 5.91. The summed E-state index contributed by atoms with van der Waals surface area (Å²) in [4.78, 5) is 97.4. The quantitative estimate of drug-likeness (QED) is 0.115. The number of hydrogen-bond acceptors (Lipinski definition) is 19. The lowest BCUT2D eigenvalue weighted by atomic mass is 9.92. The van der Waals surface area contributed by atoms with Gasteiger partial charge in [-0.15, -0.1) is 5.06 Å². The van der Waals surface area contributed by atoms with E-state index in [9.17, 15) is 33.6 Å². The topological polar surface area (TPSA) is 224 Å².